The van der Waals surface area contributed by atoms with E-state index in [0.29, 0.717) is 29.9 Å². The molecule has 1 aromatic carbocycles. The third kappa shape index (κ3) is 5.10. The van der Waals surface area contributed by atoms with Crippen molar-refractivity contribution in [1.82, 2.24) is 14.9 Å². The van der Waals surface area contributed by atoms with Gasteiger partial charge in [0.15, 0.2) is 0 Å². The van der Waals surface area contributed by atoms with Crippen LogP contribution >= 0.6 is 22.6 Å². The highest BCUT2D eigenvalue weighted by molar-refractivity contribution is 14.1. The quantitative estimate of drug-likeness (QED) is 0.559. The monoisotopic (exact) mass is 472 g/mol. The van der Waals surface area contributed by atoms with Crippen LogP contribution in [-0.2, 0) is 13.1 Å². The largest absolute Gasteiger partial charge is 0.366 e. The van der Waals surface area contributed by atoms with Gasteiger partial charge >= 0.3 is 0 Å². The molecule has 0 aliphatic rings. The lowest BCUT2D eigenvalue weighted by molar-refractivity contribution is 0.0725. The Kier molecular flexibility index (Phi) is 6.12. The lowest BCUT2D eigenvalue weighted by atomic mass is 10.1. The summed E-state index contributed by atoms with van der Waals surface area (Å²) in [6, 6.07) is 16.3. The van der Waals surface area contributed by atoms with E-state index in [0.717, 1.165) is 9.26 Å². The average Bonchev–Trinajstić information content (AvgIpc) is 2.69. The Morgan fingerprint density at radius 3 is 2.11 bits per heavy atom. The SMILES string of the molecule is NC(=O)c1ccc(CN(Cc2ccccn2)C(=O)c2ccc(I)cc2)nc1. The molecule has 7 heteroatoms. The van der Waals surface area contributed by atoms with Crippen LogP contribution < -0.4 is 5.73 Å². The van der Waals surface area contributed by atoms with Crippen molar-refractivity contribution >= 4 is 34.4 Å². The molecule has 3 rings (SSSR count). The van der Waals surface area contributed by atoms with E-state index in [-0.39, 0.29) is 5.91 Å². The predicted octanol–water partition coefficient (Wildman–Crippen LogP) is 3.02. The first kappa shape index (κ1) is 19.0. The van der Waals surface area contributed by atoms with Crippen molar-refractivity contribution in [2.24, 2.45) is 5.73 Å². The van der Waals surface area contributed by atoms with Crippen molar-refractivity contribution in [2.75, 3.05) is 0 Å². The molecular weight excluding hydrogens is 455 g/mol. The zero-order valence-corrected chi connectivity index (χ0v) is 16.5. The first-order valence-corrected chi connectivity index (χ1v) is 9.30. The number of nitrogens with zero attached hydrogens (tertiary/aromatic N) is 3. The third-order valence-electron chi connectivity index (χ3n) is 3.92. The number of aromatic nitrogens is 2. The molecule has 0 fully saturated rings. The van der Waals surface area contributed by atoms with E-state index in [9.17, 15) is 9.59 Å². The fourth-order valence-electron chi connectivity index (χ4n) is 2.52. The topological polar surface area (TPSA) is 89.2 Å². The van der Waals surface area contributed by atoms with Crippen LogP contribution in [0, 0.1) is 3.57 Å². The van der Waals surface area contributed by atoms with Gasteiger partial charge in [0.05, 0.1) is 30.0 Å². The van der Waals surface area contributed by atoms with E-state index < -0.39 is 5.91 Å². The van der Waals surface area contributed by atoms with Crippen molar-refractivity contribution in [3.63, 3.8) is 0 Å². The van der Waals surface area contributed by atoms with Crippen molar-refractivity contribution < 1.29 is 9.59 Å². The Morgan fingerprint density at radius 1 is 0.889 bits per heavy atom. The Balaban J connectivity index is 1.85. The van der Waals surface area contributed by atoms with Crippen molar-refractivity contribution in [3.05, 3.63) is 93.1 Å². The summed E-state index contributed by atoms with van der Waals surface area (Å²) in [5, 5.41) is 0. The lowest BCUT2D eigenvalue weighted by Gasteiger charge is -2.22. The number of pyridine rings is 2. The fraction of sp³-hybridized carbons (Fsp3) is 0.100. The number of primary amides is 1. The minimum Gasteiger partial charge on any atom is -0.366 e. The lowest BCUT2D eigenvalue weighted by Crippen LogP contribution is -2.31. The zero-order chi connectivity index (χ0) is 19.2. The molecule has 2 amide bonds. The van der Waals surface area contributed by atoms with Gasteiger partial charge in [-0.2, -0.15) is 0 Å². The number of carbonyl (C=O) groups excluding carboxylic acids is 2. The Bertz CT molecular complexity index is 928. The molecule has 2 N–H and O–H groups in total. The summed E-state index contributed by atoms with van der Waals surface area (Å²) >= 11 is 2.20. The highest BCUT2D eigenvalue weighted by Crippen LogP contribution is 2.14. The van der Waals surface area contributed by atoms with Crippen LogP contribution in [0.15, 0.2) is 67.0 Å². The second-order valence-electron chi connectivity index (χ2n) is 5.89. The van der Waals surface area contributed by atoms with Crippen molar-refractivity contribution in [1.29, 1.82) is 0 Å². The molecule has 0 unspecified atom stereocenters. The molecule has 0 aliphatic carbocycles. The number of rotatable bonds is 6. The second kappa shape index (κ2) is 8.72. The van der Waals surface area contributed by atoms with Gasteiger partial charge in [0.2, 0.25) is 5.91 Å². The molecule has 136 valence electrons. The minimum atomic E-state index is -0.533. The second-order valence-corrected chi connectivity index (χ2v) is 7.14. The summed E-state index contributed by atoms with van der Waals surface area (Å²) in [6.07, 6.45) is 3.12. The van der Waals surface area contributed by atoms with Gasteiger partial charge < -0.3 is 10.6 Å². The molecule has 0 saturated heterocycles. The van der Waals surface area contributed by atoms with Crippen LogP contribution in [0.5, 0.6) is 0 Å². The molecular formula is C20H17IN4O2. The number of amides is 2. The van der Waals surface area contributed by atoms with E-state index >= 15 is 0 Å². The molecule has 6 nitrogen and oxygen atoms in total. The summed E-state index contributed by atoms with van der Waals surface area (Å²) < 4.78 is 1.06. The van der Waals surface area contributed by atoms with Crippen molar-refractivity contribution in [3.8, 4) is 0 Å². The normalized spacial score (nSPS) is 10.4. The van der Waals surface area contributed by atoms with Gasteiger partial charge in [0.25, 0.3) is 5.91 Å². The molecule has 0 atom stereocenters. The number of benzene rings is 1. The first-order chi connectivity index (χ1) is 13.0. The minimum absolute atomic E-state index is 0.113. The highest BCUT2D eigenvalue weighted by Gasteiger charge is 2.18. The van der Waals surface area contributed by atoms with Crippen LogP contribution in [0.1, 0.15) is 32.1 Å². The van der Waals surface area contributed by atoms with E-state index in [1.165, 1.54) is 6.20 Å². The van der Waals surface area contributed by atoms with E-state index in [4.69, 9.17) is 5.73 Å². The van der Waals surface area contributed by atoms with Gasteiger partial charge in [-0.1, -0.05) is 6.07 Å². The molecule has 2 heterocycles. The predicted molar refractivity (Wildman–Crippen MR) is 110 cm³/mol. The summed E-state index contributed by atoms with van der Waals surface area (Å²) in [5.41, 5.74) is 7.63. The van der Waals surface area contributed by atoms with Crippen LogP contribution in [-0.4, -0.2) is 26.7 Å². The molecule has 27 heavy (non-hydrogen) atoms. The maximum atomic E-state index is 13.0. The summed E-state index contributed by atoms with van der Waals surface area (Å²) in [4.78, 5) is 34.5. The maximum Gasteiger partial charge on any atom is 0.254 e. The summed E-state index contributed by atoms with van der Waals surface area (Å²) in [7, 11) is 0. The van der Waals surface area contributed by atoms with E-state index in [2.05, 4.69) is 32.6 Å². The van der Waals surface area contributed by atoms with Crippen LogP contribution in [0.4, 0.5) is 0 Å². The molecule has 0 spiro atoms. The smallest absolute Gasteiger partial charge is 0.254 e. The van der Waals surface area contributed by atoms with Gasteiger partial charge in [-0.3, -0.25) is 19.6 Å². The number of hydrogen-bond acceptors (Lipinski definition) is 4. The van der Waals surface area contributed by atoms with E-state index in [1.807, 2.05) is 30.3 Å². The molecule has 0 bridgehead atoms. The molecule has 0 radical (unpaired) electrons. The van der Waals surface area contributed by atoms with Crippen molar-refractivity contribution in [2.45, 2.75) is 13.1 Å². The molecule has 0 aliphatic heterocycles. The van der Waals surface area contributed by atoms with Gasteiger partial charge in [-0.15, -0.1) is 0 Å². The highest BCUT2D eigenvalue weighted by atomic mass is 127. The molecule has 3 aromatic rings. The van der Waals surface area contributed by atoms with E-state index in [1.54, 1.807) is 35.4 Å². The number of halogens is 1. The summed E-state index contributed by atoms with van der Waals surface area (Å²) in [6.45, 7) is 0.644. The Hall–Kier alpha value is -2.81. The third-order valence-corrected chi connectivity index (χ3v) is 4.64. The van der Waals surface area contributed by atoms with Gasteiger partial charge in [0, 0.05) is 21.5 Å². The zero-order valence-electron chi connectivity index (χ0n) is 14.4. The maximum absolute atomic E-state index is 13.0. The molecule has 0 saturated carbocycles. The Labute approximate surface area is 170 Å². The number of hydrogen-bond donors (Lipinski definition) is 1. The van der Waals surface area contributed by atoms with Gasteiger partial charge in [-0.25, -0.2) is 0 Å². The van der Waals surface area contributed by atoms with Crippen LogP contribution in [0.2, 0.25) is 0 Å². The van der Waals surface area contributed by atoms with Gasteiger partial charge in [0.1, 0.15) is 0 Å². The van der Waals surface area contributed by atoms with Gasteiger partial charge in [-0.05, 0) is 71.1 Å². The average molecular weight is 472 g/mol. The number of nitrogens with two attached hydrogens (primary N) is 1. The Morgan fingerprint density at radius 2 is 1.56 bits per heavy atom. The molecule has 2 aromatic heterocycles. The fourth-order valence-corrected chi connectivity index (χ4v) is 2.88. The van der Waals surface area contributed by atoms with Crippen LogP contribution in [0.3, 0.4) is 0 Å². The summed E-state index contributed by atoms with van der Waals surface area (Å²) in [5.74, 6) is -0.646. The number of carbonyl (C=O) groups is 2. The first-order valence-electron chi connectivity index (χ1n) is 8.22. The standard InChI is InChI=1S/C20H17IN4O2/c21-16-7-4-14(5-8-16)20(27)25(12-17-3-1-2-10-23-17)13-18-9-6-15(11-24-18)19(22)26/h1-11H,12-13H2,(H2,22,26). The van der Waals surface area contributed by atoms with Crippen LogP contribution in [0.25, 0.3) is 0 Å².